The highest BCUT2D eigenvalue weighted by atomic mass is 35.5. The van der Waals surface area contributed by atoms with Crippen molar-refractivity contribution >= 4 is 27.4 Å². The van der Waals surface area contributed by atoms with Crippen LogP contribution in [0.3, 0.4) is 0 Å². The smallest absolute Gasteiger partial charge is 0.337 e. The molecule has 0 spiro atoms. The molecule has 8 heteroatoms. The lowest BCUT2D eigenvalue weighted by atomic mass is 10.2. The molecule has 0 amide bonds. The van der Waals surface area contributed by atoms with Gasteiger partial charge in [0.05, 0.1) is 27.8 Å². The fourth-order valence-corrected chi connectivity index (χ4v) is 2.38. The number of sulfone groups is 1. The second-order valence-electron chi connectivity index (χ2n) is 3.11. The molecule has 0 saturated carbocycles. The summed E-state index contributed by atoms with van der Waals surface area (Å²) in [6.45, 7) is -0.644. The molecule has 0 heterocycles. The van der Waals surface area contributed by atoms with Gasteiger partial charge in [0.15, 0.2) is 9.84 Å². The van der Waals surface area contributed by atoms with Crippen LogP contribution in [0.5, 0.6) is 0 Å². The zero-order chi connectivity index (χ0) is 13.2. The Balaban J connectivity index is 3.44. The fourth-order valence-electron chi connectivity index (χ4n) is 1.14. The van der Waals surface area contributed by atoms with E-state index < -0.39 is 49.5 Å². The van der Waals surface area contributed by atoms with Crippen LogP contribution in [0.1, 0.15) is 10.4 Å². The summed E-state index contributed by atoms with van der Waals surface area (Å²) in [4.78, 5) is 10.2. The number of benzene rings is 1. The first-order chi connectivity index (χ1) is 7.79. The van der Waals surface area contributed by atoms with E-state index >= 15 is 0 Å². The maximum Gasteiger partial charge on any atom is 0.337 e. The lowest BCUT2D eigenvalue weighted by Crippen LogP contribution is -2.12. The van der Waals surface area contributed by atoms with Crippen LogP contribution >= 0.6 is 11.6 Å². The van der Waals surface area contributed by atoms with Crippen LogP contribution in [0.4, 0.5) is 4.39 Å². The third kappa shape index (κ3) is 2.93. The van der Waals surface area contributed by atoms with Crippen LogP contribution in [0.25, 0.3) is 0 Å². The molecular weight excluding hydrogens is 275 g/mol. The Bertz CT molecular complexity index is 555. The van der Waals surface area contributed by atoms with Crippen molar-refractivity contribution in [2.75, 3.05) is 12.4 Å². The molecule has 94 valence electrons. The molecule has 0 bridgehead atoms. The molecule has 0 aliphatic heterocycles. The van der Waals surface area contributed by atoms with Crippen molar-refractivity contribution in [3.8, 4) is 0 Å². The first-order valence-corrected chi connectivity index (χ1v) is 6.38. The van der Waals surface area contributed by atoms with Crippen molar-refractivity contribution in [3.63, 3.8) is 0 Å². The zero-order valence-corrected chi connectivity index (χ0v) is 9.92. The topological polar surface area (TPSA) is 91.7 Å². The van der Waals surface area contributed by atoms with Gasteiger partial charge in [-0.25, -0.2) is 17.6 Å². The number of aliphatic hydroxyl groups is 1. The second-order valence-corrected chi connectivity index (χ2v) is 5.60. The van der Waals surface area contributed by atoms with E-state index in [0.717, 1.165) is 6.07 Å². The van der Waals surface area contributed by atoms with Gasteiger partial charge in [0.1, 0.15) is 5.82 Å². The Morgan fingerprint density at radius 1 is 1.41 bits per heavy atom. The number of aliphatic hydroxyl groups excluding tert-OH is 1. The van der Waals surface area contributed by atoms with E-state index in [1.165, 1.54) is 0 Å². The number of aromatic carboxylic acids is 1. The quantitative estimate of drug-likeness (QED) is 0.857. The molecule has 0 aliphatic carbocycles. The molecule has 0 fully saturated rings. The van der Waals surface area contributed by atoms with E-state index in [1.54, 1.807) is 0 Å². The van der Waals surface area contributed by atoms with Gasteiger partial charge in [0.2, 0.25) is 0 Å². The number of hydrogen-bond donors (Lipinski definition) is 2. The second kappa shape index (κ2) is 4.99. The van der Waals surface area contributed by atoms with Gasteiger partial charge < -0.3 is 10.2 Å². The van der Waals surface area contributed by atoms with E-state index in [1.807, 2.05) is 0 Å². The molecule has 0 unspecified atom stereocenters. The van der Waals surface area contributed by atoms with E-state index in [2.05, 4.69) is 0 Å². The van der Waals surface area contributed by atoms with Crippen LogP contribution in [0.2, 0.25) is 5.02 Å². The Morgan fingerprint density at radius 2 is 2.00 bits per heavy atom. The summed E-state index contributed by atoms with van der Waals surface area (Å²) in [5.41, 5.74) is -0.636. The van der Waals surface area contributed by atoms with E-state index in [9.17, 15) is 17.6 Å². The van der Waals surface area contributed by atoms with Gasteiger partial charge in [-0.2, -0.15) is 0 Å². The van der Waals surface area contributed by atoms with E-state index in [4.69, 9.17) is 21.8 Å². The SMILES string of the molecule is O=C(O)c1cc(S(=O)(=O)CCO)cc(F)c1Cl. The number of halogens is 2. The van der Waals surface area contributed by atoms with Crippen LogP contribution in [0.15, 0.2) is 17.0 Å². The Kier molecular flexibility index (Phi) is 4.07. The van der Waals surface area contributed by atoms with Crippen molar-refractivity contribution in [2.24, 2.45) is 0 Å². The maximum atomic E-state index is 13.2. The molecule has 2 N–H and O–H groups in total. The minimum absolute atomic E-state index is 0.522. The predicted molar refractivity (Wildman–Crippen MR) is 57.5 cm³/mol. The monoisotopic (exact) mass is 282 g/mol. The lowest BCUT2D eigenvalue weighted by molar-refractivity contribution is 0.0696. The molecule has 0 aromatic heterocycles. The Morgan fingerprint density at radius 3 is 2.47 bits per heavy atom. The van der Waals surface area contributed by atoms with Gasteiger partial charge in [-0.3, -0.25) is 0 Å². The standard InChI is InChI=1S/C9H8ClFO5S/c10-8-6(9(13)14)3-5(4-7(8)11)17(15,16)2-1-12/h3-4,12H,1-2H2,(H,13,14). The predicted octanol–water partition coefficient (Wildman–Crippen LogP) is 0.943. The molecule has 1 aromatic rings. The van der Waals surface area contributed by atoms with Gasteiger partial charge in [-0.1, -0.05) is 11.6 Å². The molecule has 17 heavy (non-hydrogen) atoms. The summed E-state index contributed by atoms with van der Waals surface area (Å²) in [5, 5.41) is 16.6. The maximum absolute atomic E-state index is 13.2. The minimum atomic E-state index is -3.92. The summed E-state index contributed by atoms with van der Waals surface area (Å²) in [6.07, 6.45) is 0. The van der Waals surface area contributed by atoms with Crippen molar-refractivity contribution in [1.29, 1.82) is 0 Å². The number of carbonyl (C=O) groups is 1. The Labute approximate surface area is 101 Å². The van der Waals surface area contributed by atoms with Crippen LogP contribution in [-0.4, -0.2) is 37.0 Å². The van der Waals surface area contributed by atoms with E-state index in [-0.39, 0.29) is 0 Å². The van der Waals surface area contributed by atoms with Gasteiger partial charge in [-0.05, 0) is 12.1 Å². The zero-order valence-electron chi connectivity index (χ0n) is 8.35. The first-order valence-electron chi connectivity index (χ1n) is 4.35. The van der Waals surface area contributed by atoms with Crippen molar-refractivity contribution in [2.45, 2.75) is 4.90 Å². The lowest BCUT2D eigenvalue weighted by Gasteiger charge is -2.06. The third-order valence-electron chi connectivity index (χ3n) is 1.95. The molecule has 0 aliphatic rings. The number of carboxylic acids is 1. The van der Waals surface area contributed by atoms with Gasteiger partial charge >= 0.3 is 5.97 Å². The molecule has 5 nitrogen and oxygen atoms in total. The number of hydrogen-bond acceptors (Lipinski definition) is 4. The largest absolute Gasteiger partial charge is 0.478 e. The Hall–Kier alpha value is -1.18. The number of carboxylic acid groups (broad SMARTS) is 1. The van der Waals surface area contributed by atoms with Crippen LogP contribution in [0, 0.1) is 5.82 Å². The highest BCUT2D eigenvalue weighted by Crippen LogP contribution is 2.25. The van der Waals surface area contributed by atoms with Crippen molar-refractivity contribution < 1.29 is 27.8 Å². The fraction of sp³-hybridized carbons (Fsp3) is 0.222. The molecule has 1 aromatic carbocycles. The molecule has 0 radical (unpaired) electrons. The minimum Gasteiger partial charge on any atom is -0.478 e. The van der Waals surface area contributed by atoms with Crippen molar-refractivity contribution in [1.82, 2.24) is 0 Å². The van der Waals surface area contributed by atoms with Gasteiger partial charge in [-0.15, -0.1) is 0 Å². The van der Waals surface area contributed by atoms with Crippen LogP contribution < -0.4 is 0 Å². The van der Waals surface area contributed by atoms with Crippen molar-refractivity contribution in [3.05, 3.63) is 28.5 Å². The third-order valence-corrected chi connectivity index (χ3v) is 4.01. The van der Waals surface area contributed by atoms with E-state index in [0.29, 0.717) is 6.07 Å². The number of rotatable bonds is 4. The first kappa shape index (κ1) is 13.9. The summed E-state index contributed by atoms with van der Waals surface area (Å²) >= 11 is 5.39. The highest BCUT2D eigenvalue weighted by Gasteiger charge is 2.21. The molecule has 0 atom stereocenters. The summed E-state index contributed by atoms with van der Waals surface area (Å²) in [6, 6.07) is 1.39. The molecular formula is C9H8ClFO5S. The summed E-state index contributed by atoms with van der Waals surface area (Å²) in [5.74, 6) is -3.29. The summed E-state index contributed by atoms with van der Waals surface area (Å²) < 4.78 is 36.3. The molecule has 1 rings (SSSR count). The highest BCUT2D eigenvalue weighted by molar-refractivity contribution is 7.91. The average molecular weight is 283 g/mol. The molecule has 0 saturated heterocycles. The summed E-state index contributed by atoms with van der Waals surface area (Å²) in [7, 11) is -3.92. The average Bonchev–Trinajstić information content (AvgIpc) is 2.21. The van der Waals surface area contributed by atoms with Gasteiger partial charge in [0, 0.05) is 0 Å². The normalized spacial score (nSPS) is 11.5. The van der Waals surface area contributed by atoms with Crippen LogP contribution in [-0.2, 0) is 9.84 Å². The van der Waals surface area contributed by atoms with Gasteiger partial charge in [0.25, 0.3) is 0 Å².